The van der Waals surface area contributed by atoms with Gasteiger partial charge < -0.3 is 15.2 Å². The number of hydrogen-bond donors (Lipinski definition) is 2. The molecule has 1 aromatic heterocycles. The van der Waals surface area contributed by atoms with Crippen LogP contribution in [0.15, 0.2) is 30.3 Å². The Kier molecular flexibility index (Phi) is 6.53. The molecule has 1 heterocycles. The van der Waals surface area contributed by atoms with Crippen LogP contribution >= 0.6 is 0 Å². The lowest BCUT2D eigenvalue weighted by Gasteiger charge is -2.27. The summed E-state index contributed by atoms with van der Waals surface area (Å²) in [4.78, 5) is 12.7. The number of benzene rings is 1. The molecule has 1 saturated carbocycles. The minimum Gasteiger partial charge on any atom is -0.327 e. The monoisotopic (exact) mass is 378 g/mol. The van der Waals surface area contributed by atoms with E-state index >= 15 is 0 Å². The van der Waals surface area contributed by atoms with Crippen molar-refractivity contribution in [1.29, 1.82) is 5.26 Å². The smallest absolute Gasteiger partial charge is 0.239 e. The molecule has 0 spiro atoms. The molecule has 0 saturated heterocycles. The summed E-state index contributed by atoms with van der Waals surface area (Å²) in [5.74, 6) is 0.553. The van der Waals surface area contributed by atoms with Crippen molar-refractivity contribution in [1.82, 2.24) is 9.88 Å². The Labute approximate surface area is 167 Å². The Morgan fingerprint density at radius 2 is 1.89 bits per heavy atom. The van der Waals surface area contributed by atoms with Gasteiger partial charge in [0.2, 0.25) is 5.91 Å². The molecule has 5 nitrogen and oxygen atoms in total. The molecule has 148 valence electrons. The van der Waals surface area contributed by atoms with Gasteiger partial charge >= 0.3 is 0 Å². The summed E-state index contributed by atoms with van der Waals surface area (Å²) in [6.07, 6.45) is 5.88. The first-order valence-corrected chi connectivity index (χ1v) is 10.2. The number of nitriles is 1. The zero-order chi connectivity index (χ0) is 20.1. The fourth-order valence-corrected chi connectivity index (χ4v) is 4.16. The molecule has 1 unspecified atom stereocenters. The highest BCUT2D eigenvalue weighted by molar-refractivity contribution is 5.93. The number of nitrogens with one attached hydrogen (secondary N) is 2. The van der Waals surface area contributed by atoms with Gasteiger partial charge in [-0.05, 0) is 44.7 Å². The van der Waals surface area contributed by atoms with Crippen LogP contribution < -0.4 is 10.6 Å². The van der Waals surface area contributed by atoms with E-state index in [1.54, 1.807) is 0 Å². The summed E-state index contributed by atoms with van der Waals surface area (Å²) in [6, 6.07) is 12.8. The van der Waals surface area contributed by atoms with Gasteiger partial charge in [-0.2, -0.15) is 5.26 Å². The van der Waals surface area contributed by atoms with Gasteiger partial charge in [-0.15, -0.1) is 0 Å². The third kappa shape index (κ3) is 4.28. The molecule has 2 N–H and O–H groups in total. The lowest BCUT2D eigenvalue weighted by atomic mass is 9.95. The summed E-state index contributed by atoms with van der Waals surface area (Å²) in [6.45, 7) is 6.27. The van der Waals surface area contributed by atoms with E-state index in [9.17, 15) is 10.1 Å². The Morgan fingerprint density at radius 1 is 1.21 bits per heavy atom. The van der Waals surface area contributed by atoms with Gasteiger partial charge in [0, 0.05) is 17.8 Å². The van der Waals surface area contributed by atoms with Crippen molar-refractivity contribution in [3.05, 3.63) is 52.7 Å². The highest BCUT2D eigenvalue weighted by atomic mass is 16.2. The number of hydrogen-bond acceptors (Lipinski definition) is 3. The first kappa shape index (κ1) is 20.2. The molecule has 3 rings (SSSR count). The summed E-state index contributed by atoms with van der Waals surface area (Å²) in [5, 5.41) is 16.0. The molecule has 2 aromatic rings. The summed E-state index contributed by atoms with van der Waals surface area (Å²) < 4.78 is 2.20. The van der Waals surface area contributed by atoms with Crippen molar-refractivity contribution in [2.45, 2.75) is 65.0 Å². The van der Waals surface area contributed by atoms with Crippen molar-refractivity contribution in [2.75, 3.05) is 11.9 Å². The van der Waals surface area contributed by atoms with Crippen molar-refractivity contribution < 1.29 is 4.79 Å². The quantitative estimate of drug-likeness (QED) is 0.760. The lowest BCUT2D eigenvalue weighted by Crippen LogP contribution is -2.31. The van der Waals surface area contributed by atoms with Crippen LogP contribution in [0.5, 0.6) is 0 Å². The first-order chi connectivity index (χ1) is 13.5. The summed E-state index contributed by atoms with van der Waals surface area (Å²) >= 11 is 0. The van der Waals surface area contributed by atoms with Crippen molar-refractivity contribution in [3.63, 3.8) is 0 Å². The average Bonchev–Trinajstić information content (AvgIpc) is 2.96. The van der Waals surface area contributed by atoms with Crippen LogP contribution in [0.25, 0.3) is 0 Å². The molecule has 1 amide bonds. The fraction of sp³-hybridized carbons (Fsp3) is 0.478. The first-order valence-electron chi connectivity index (χ1n) is 10.2. The third-order valence-corrected chi connectivity index (χ3v) is 5.93. The molecule has 1 aliphatic rings. The highest BCUT2D eigenvalue weighted by Gasteiger charge is 2.25. The number of amides is 1. The summed E-state index contributed by atoms with van der Waals surface area (Å²) in [7, 11) is 0. The highest BCUT2D eigenvalue weighted by Crippen LogP contribution is 2.36. The van der Waals surface area contributed by atoms with E-state index in [4.69, 9.17) is 0 Å². The van der Waals surface area contributed by atoms with Gasteiger partial charge in [0.25, 0.3) is 0 Å². The maximum atomic E-state index is 12.7. The van der Waals surface area contributed by atoms with Crippen LogP contribution in [0, 0.1) is 25.2 Å². The van der Waals surface area contributed by atoms with Gasteiger partial charge in [0.15, 0.2) is 0 Å². The maximum absolute atomic E-state index is 12.7. The molecule has 0 radical (unpaired) electrons. The number of rotatable bonds is 6. The van der Waals surface area contributed by atoms with E-state index in [0.29, 0.717) is 17.4 Å². The van der Waals surface area contributed by atoms with Gasteiger partial charge in [-0.25, -0.2) is 0 Å². The second-order valence-corrected chi connectivity index (χ2v) is 7.77. The number of aromatic nitrogens is 1. The molecule has 1 atom stereocenters. The molecule has 1 aromatic carbocycles. The van der Waals surface area contributed by atoms with Crippen molar-refractivity contribution >= 4 is 11.7 Å². The largest absolute Gasteiger partial charge is 0.327 e. The standard InChI is InChI=1S/C23H30N4O/c1-16-18(3)27(20-12-8-5-9-13-20)23(21(16)14-24)26-22(28)15-25-17(2)19-10-6-4-7-11-19/h4,6-7,10-11,17,20,25H,5,8-9,12-13,15H2,1-3H3,(H,26,28). The van der Waals surface area contributed by atoms with Gasteiger partial charge in [0.05, 0.1) is 12.1 Å². The zero-order valence-corrected chi connectivity index (χ0v) is 17.1. The maximum Gasteiger partial charge on any atom is 0.239 e. The Balaban J connectivity index is 1.74. The fourth-order valence-electron chi connectivity index (χ4n) is 4.16. The van der Waals surface area contributed by atoms with Crippen LogP contribution in [0.1, 0.15) is 73.5 Å². The van der Waals surface area contributed by atoms with Gasteiger partial charge in [0.1, 0.15) is 11.9 Å². The van der Waals surface area contributed by atoms with Crippen LogP contribution in [0.4, 0.5) is 5.82 Å². The second-order valence-electron chi connectivity index (χ2n) is 7.77. The molecule has 0 aliphatic heterocycles. The SMILES string of the molecule is Cc1c(C#N)c(NC(=O)CNC(C)c2ccccc2)n(C2CCCCC2)c1C. The van der Waals surface area contributed by atoms with Gasteiger partial charge in [-0.1, -0.05) is 49.6 Å². The minimum atomic E-state index is -0.117. The molecule has 28 heavy (non-hydrogen) atoms. The lowest BCUT2D eigenvalue weighted by molar-refractivity contribution is -0.115. The second kappa shape index (κ2) is 9.07. The van der Waals surface area contributed by atoms with E-state index < -0.39 is 0 Å². The Hall–Kier alpha value is -2.58. The van der Waals surface area contributed by atoms with Gasteiger partial charge in [-0.3, -0.25) is 4.79 Å². The van der Waals surface area contributed by atoms with Crippen molar-refractivity contribution in [2.24, 2.45) is 0 Å². The van der Waals surface area contributed by atoms with Crippen LogP contribution in [-0.4, -0.2) is 17.0 Å². The number of carbonyl (C=O) groups is 1. The Morgan fingerprint density at radius 3 is 2.54 bits per heavy atom. The van der Waals surface area contributed by atoms with E-state index in [0.717, 1.165) is 29.7 Å². The summed E-state index contributed by atoms with van der Waals surface area (Å²) in [5.41, 5.74) is 3.79. The predicted molar refractivity (Wildman–Crippen MR) is 112 cm³/mol. The van der Waals surface area contributed by atoms with E-state index in [-0.39, 0.29) is 18.5 Å². The van der Waals surface area contributed by atoms with Crippen LogP contribution in [-0.2, 0) is 4.79 Å². The Bertz CT molecular complexity index is 857. The van der Waals surface area contributed by atoms with E-state index in [2.05, 4.69) is 28.2 Å². The zero-order valence-electron chi connectivity index (χ0n) is 17.1. The van der Waals surface area contributed by atoms with Crippen LogP contribution in [0.2, 0.25) is 0 Å². The number of carbonyl (C=O) groups excluding carboxylic acids is 1. The topological polar surface area (TPSA) is 69.8 Å². The minimum absolute atomic E-state index is 0.0796. The van der Waals surface area contributed by atoms with E-state index in [1.165, 1.54) is 19.3 Å². The predicted octanol–water partition coefficient (Wildman–Crippen LogP) is 4.77. The van der Waals surface area contributed by atoms with Crippen molar-refractivity contribution in [3.8, 4) is 6.07 Å². The molecule has 1 aliphatic carbocycles. The third-order valence-electron chi connectivity index (χ3n) is 5.93. The average molecular weight is 379 g/mol. The molecular weight excluding hydrogens is 348 g/mol. The number of anilines is 1. The van der Waals surface area contributed by atoms with E-state index in [1.807, 2.05) is 44.2 Å². The molecule has 0 bridgehead atoms. The molecule has 1 fully saturated rings. The molecule has 5 heteroatoms. The molecular formula is C23H30N4O. The van der Waals surface area contributed by atoms with Crippen LogP contribution in [0.3, 0.4) is 0 Å². The number of nitrogens with zero attached hydrogens (tertiary/aromatic N) is 2. The normalized spacial score (nSPS) is 15.8.